The molecule has 3 atom stereocenters. The summed E-state index contributed by atoms with van der Waals surface area (Å²) in [5.41, 5.74) is 0. The molecule has 0 saturated carbocycles. The van der Waals surface area contributed by atoms with Crippen LogP contribution in [0.1, 0.15) is 13.8 Å². The number of alkyl halides is 1. The largest absolute Gasteiger partial charge is 0.329 e. The quantitative estimate of drug-likeness (QED) is 0.348. The SMILES string of the molecule is CC(SC(C)(C#N)CBr)SP(=O)(O)S. The molecule has 0 amide bonds. The number of hydrogen-bond donors (Lipinski definition) is 2. The van der Waals surface area contributed by atoms with Gasteiger partial charge in [-0.05, 0) is 25.2 Å². The first-order valence-corrected chi connectivity index (χ1v) is 9.91. The minimum atomic E-state index is -3.36. The Labute approximate surface area is 106 Å². The predicted octanol–water partition coefficient (Wildman–Crippen LogP) is 3.51. The lowest BCUT2D eigenvalue weighted by molar-refractivity contribution is 0.514. The number of rotatable bonds is 5. The zero-order valence-electron chi connectivity index (χ0n) is 7.68. The molecule has 82 valence electrons. The van der Waals surface area contributed by atoms with Crippen LogP contribution < -0.4 is 0 Å². The van der Waals surface area contributed by atoms with Crippen LogP contribution in [-0.4, -0.2) is 19.6 Å². The Balaban J connectivity index is 4.26. The molecule has 0 aliphatic rings. The van der Waals surface area contributed by atoms with Gasteiger partial charge >= 0.3 is 5.77 Å². The highest BCUT2D eigenvalue weighted by Crippen LogP contribution is 2.63. The fourth-order valence-corrected chi connectivity index (χ4v) is 7.68. The predicted molar refractivity (Wildman–Crippen MR) is 71.3 cm³/mol. The summed E-state index contributed by atoms with van der Waals surface area (Å²) in [6.45, 7) is 3.57. The number of thioether (sulfide) groups is 1. The van der Waals surface area contributed by atoms with Crippen molar-refractivity contribution in [1.82, 2.24) is 0 Å². The Bertz CT molecular complexity index is 279. The average Bonchev–Trinajstić information content (AvgIpc) is 2.00. The van der Waals surface area contributed by atoms with Crippen molar-refractivity contribution in [2.45, 2.75) is 23.2 Å². The number of nitriles is 1. The van der Waals surface area contributed by atoms with E-state index in [0.717, 1.165) is 11.4 Å². The van der Waals surface area contributed by atoms with Gasteiger partial charge in [0.2, 0.25) is 0 Å². The summed E-state index contributed by atoms with van der Waals surface area (Å²) < 4.78 is 10.2. The Hall–Kier alpha value is 1.21. The number of thiol groups is 1. The van der Waals surface area contributed by atoms with Crippen molar-refractivity contribution < 1.29 is 9.46 Å². The second-order valence-corrected chi connectivity index (χ2v) is 11.9. The minimum Gasteiger partial charge on any atom is -0.329 e. The van der Waals surface area contributed by atoms with Gasteiger partial charge in [-0.1, -0.05) is 28.2 Å². The maximum absolute atomic E-state index is 11.0. The van der Waals surface area contributed by atoms with Gasteiger partial charge in [-0.15, -0.1) is 11.8 Å². The van der Waals surface area contributed by atoms with E-state index in [-0.39, 0.29) is 4.58 Å². The van der Waals surface area contributed by atoms with Crippen molar-refractivity contribution in [1.29, 1.82) is 5.26 Å². The summed E-state index contributed by atoms with van der Waals surface area (Å²) >= 11 is 9.03. The molecule has 0 heterocycles. The Morgan fingerprint density at radius 1 is 1.86 bits per heavy atom. The van der Waals surface area contributed by atoms with E-state index in [4.69, 9.17) is 10.2 Å². The highest BCUT2D eigenvalue weighted by Gasteiger charge is 2.29. The standard InChI is InChI=1S/C6H11BrNO2PS3/c1-5(14-11(9,10)12)13-6(2,3-7)4-8/h5H,3H2,1-2H3,(H2,9,10,12). The molecule has 0 aliphatic heterocycles. The van der Waals surface area contributed by atoms with Crippen LogP contribution in [0.5, 0.6) is 0 Å². The van der Waals surface area contributed by atoms with Gasteiger partial charge in [0.15, 0.2) is 0 Å². The van der Waals surface area contributed by atoms with Crippen molar-refractivity contribution in [3.8, 4) is 6.07 Å². The van der Waals surface area contributed by atoms with Crippen molar-refractivity contribution in [2.75, 3.05) is 5.33 Å². The first-order chi connectivity index (χ1) is 6.22. The van der Waals surface area contributed by atoms with Crippen LogP contribution in [0, 0.1) is 11.3 Å². The van der Waals surface area contributed by atoms with Crippen molar-refractivity contribution in [3.05, 3.63) is 0 Å². The molecule has 0 rings (SSSR count). The minimum absolute atomic E-state index is 0.148. The first kappa shape index (κ1) is 15.2. The molecule has 14 heavy (non-hydrogen) atoms. The molecular formula is C6H11BrNO2PS3. The highest BCUT2D eigenvalue weighted by molar-refractivity contribution is 9.09. The third-order valence-electron chi connectivity index (χ3n) is 1.20. The molecule has 0 fully saturated rings. The fraction of sp³-hybridized carbons (Fsp3) is 0.833. The molecule has 0 saturated heterocycles. The molecule has 3 nitrogen and oxygen atoms in total. The van der Waals surface area contributed by atoms with Gasteiger partial charge in [-0.3, -0.25) is 4.57 Å². The van der Waals surface area contributed by atoms with E-state index in [1.54, 1.807) is 13.8 Å². The Morgan fingerprint density at radius 3 is 2.64 bits per heavy atom. The Morgan fingerprint density at radius 2 is 2.36 bits per heavy atom. The molecule has 0 bridgehead atoms. The number of nitrogens with zero attached hydrogens (tertiary/aromatic N) is 1. The second kappa shape index (κ2) is 6.07. The molecule has 1 N–H and O–H groups in total. The van der Waals surface area contributed by atoms with Gasteiger partial charge in [0.1, 0.15) is 4.75 Å². The molecule has 0 aromatic heterocycles. The van der Waals surface area contributed by atoms with Crippen LogP contribution in [0.4, 0.5) is 0 Å². The molecular weight excluding hydrogens is 325 g/mol. The molecule has 8 heteroatoms. The Kier molecular flexibility index (Phi) is 6.60. The topological polar surface area (TPSA) is 61.1 Å². The van der Waals surface area contributed by atoms with Gasteiger partial charge in [0.05, 0.1) is 10.7 Å². The van der Waals surface area contributed by atoms with Gasteiger partial charge in [0, 0.05) is 5.33 Å². The van der Waals surface area contributed by atoms with Gasteiger partial charge in [-0.25, -0.2) is 0 Å². The summed E-state index contributed by atoms with van der Waals surface area (Å²) in [5.74, 6) is -3.36. The van der Waals surface area contributed by atoms with Crippen LogP contribution in [0.2, 0.25) is 0 Å². The normalized spacial score (nSPS) is 21.7. The third-order valence-corrected chi connectivity index (χ3v) is 7.98. The molecule has 0 aromatic rings. The molecule has 0 radical (unpaired) electrons. The van der Waals surface area contributed by atoms with E-state index in [1.807, 2.05) is 0 Å². The lowest BCUT2D eigenvalue weighted by Crippen LogP contribution is -2.21. The average molecular weight is 336 g/mol. The van der Waals surface area contributed by atoms with E-state index in [1.165, 1.54) is 11.8 Å². The summed E-state index contributed by atoms with van der Waals surface area (Å²) in [4.78, 5) is 9.01. The lowest BCUT2D eigenvalue weighted by atomic mass is 10.2. The van der Waals surface area contributed by atoms with Crippen LogP contribution in [0.15, 0.2) is 0 Å². The van der Waals surface area contributed by atoms with Crippen LogP contribution in [-0.2, 0) is 4.57 Å². The maximum atomic E-state index is 11.0. The third kappa shape index (κ3) is 6.65. The van der Waals surface area contributed by atoms with Gasteiger partial charge in [0.25, 0.3) is 0 Å². The van der Waals surface area contributed by atoms with Crippen molar-refractivity contribution in [3.63, 3.8) is 0 Å². The summed E-state index contributed by atoms with van der Waals surface area (Å²) in [7, 11) is 0. The first-order valence-electron chi connectivity index (χ1n) is 3.61. The second-order valence-electron chi connectivity index (χ2n) is 2.76. The lowest BCUT2D eigenvalue weighted by Gasteiger charge is -2.22. The zero-order chi connectivity index (χ0) is 11.4. The van der Waals surface area contributed by atoms with E-state index in [9.17, 15) is 4.57 Å². The molecule has 0 spiro atoms. The summed E-state index contributed by atoms with van der Waals surface area (Å²) in [6, 6.07) is 2.15. The maximum Gasteiger partial charge on any atom is 0.308 e. The zero-order valence-corrected chi connectivity index (χ0v) is 12.7. The van der Waals surface area contributed by atoms with E-state index in [2.05, 4.69) is 34.2 Å². The monoisotopic (exact) mass is 335 g/mol. The van der Waals surface area contributed by atoms with Gasteiger partial charge in [-0.2, -0.15) is 5.26 Å². The van der Waals surface area contributed by atoms with E-state index < -0.39 is 10.5 Å². The van der Waals surface area contributed by atoms with E-state index >= 15 is 0 Å². The fourth-order valence-electron chi connectivity index (χ4n) is 0.669. The van der Waals surface area contributed by atoms with E-state index in [0.29, 0.717) is 5.33 Å². The summed E-state index contributed by atoms with van der Waals surface area (Å²) in [5, 5.41) is 9.39. The van der Waals surface area contributed by atoms with Crippen LogP contribution in [0.25, 0.3) is 0 Å². The van der Waals surface area contributed by atoms with Crippen molar-refractivity contribution >= 4 is 57.1 Å². The molecule has 3 unspecified atom stereocenters. The highest BCUT2D eigenvalue weighted by atomic mass is 79.9. The summed E-state index contributed by atoms with van der Waals surface area (Å²) in [6.07, 6.45) is 0. The number of halogens is 1. The molecule has 0 aromatic carbocycles. The number of hydrogen-bond acceptors (Lipinski definition) is 4. The van der Waals surface area contributed by atoms with Crippen molar-refractivity contribution in [2.24, 2.45) is 0 Å². The smallest absolute Gasteiger partial charge is 0.308 e. The van der Waals surface area contributed by atoms with Gasteiger partial charge < -0.3 is 4.89 Å². The molecule has 0 aliphatic carbocycles. The van der Waals surface area contributed by atoms with Crippen LogP contribution in [0.3, 0.4) is 0 Å². The van der Waals surface area contributed by atoms with Crippen LogP contribution >= 0.6 is 57.1 Å².